The smallest absolute Gasteiger partial charge is 0.389 e. The summed E-state index contributed by atoms with van der Waals surface area (Å²) in [7, 11) is -9.21. The van der Waals surface area contributed by atoms with Crippen LogP contribution in [0, 0.1) is 0 Å². The van der Waals surface area contributed by atoms with Crippen molar-refractivity contribution in [1.29, 1.82) is 0 Å². The summed E-state index contributed by atoms with van der Waals surface area (Å²) < 4.78 is 24.8. The molecule has 0 spiro atoms. The van der Waals surface area contributed by atoms with Crippen LogP contribution in [0.3, 0.4) is 0 Å². The van der Waals surface area contributed by atoms with Crippen LogP contribution in [0.15, 0.2) is 0 Å². The Morgan fingerprint density at radius 3 is 1.81 bits per heavy atom. The number of aliphatic hydroxyl groups is 4. The zero-order chi connectivity index (χ0) is 16.8. The molecule has 0 aromatic heterocycles. The highest BCUT2D eigenvalue weighted by atomic mass is 31.2. The van der Waals surface area contributed by atoms with Gasteiger partial charge in [0.1, 0.15) is 18.3 Å². The molecular weight excluding hydrogens is 336 g/mol. The van der Waals surface area contributed by atoms with E-state index in [-0.39, 0.29) is 0 Å². The van der Waals surface area contributed by atoms with Crippen LogP contribution in [0.1, 0.15) is 0 Å². The summed E-state index contributed by atoms with van der Waals surface area (Å²) >= 11 is 0. The zero-order valence-electron chi connectivity index (χ0n) is 10.6. The lowest BCUT2D eigenvalue weighted by Gasteiger charge is -2.26. The first-order valence-corrected chi connectivity index (χ1v) is 8.84. The minimum Gasteiger partial charge on any atom is -0.389 e. The summed E-state index contributed by atoms with van der Waals surface area (Å²) in [6.07, 6.45) is -8.30. The van der Waals surface area contributed by atoms with E-state index in [1.807, 2.05) is 0 Å². The maximum atomic E-state index is 10.5. The average Bonchev–Trinajstić information content (AvgIpc) is 2.31. The second-order valence-corrected chi connectivity index (χ2v) is 7.06. The van der Waals surface area contributed by atoms with E-state index in [1.54, 1.807) is 0 Å². The number of nitrogens with one attached hydrogen (secondary N) is 1. The molecule has 9 N–H and O–H groups in total. The van der Waals surface area contributed by atoms with Gasteiger partial charge < -0.3 is 45.3 Å². The maximum absolute atomic E-state index is 10.5. The summed E-state index contributed by atoms with van der Waals surface area (Å²) in [5, 5.41) is 39.8. The highest BCUT2D eigenvalue weighted by Gasteiger charge is 2.32. The van der Waals surface area contributed by atoms with Crippen LogP contribution in [0.4, 0.5) is 0 Å². The zero-order valence-corrected chi connectivity index (χ0v) is 12.4. The van der Waals surface area contributed by atoms with Crippen LogP contribution >= 0.6 is 15.4 Å². The van der Waals surface area contributed by atoms with Gasteiger partial charge >= 0.3 is 15.4 Å². The summed E-state index contributed by atoms with van der Waals surface area (Å²) in [6, 6.07) is 0. The predicted octanol–water partition coefficient (Wildman–Crippen LogP) is -3.74. The Hall–Kier alpha value is 0.0600. The number of hydrogen-bond acceptors (Lipinski definition) is 8. The fraction of sp³-hybridized carbons (Fsp3) is 1.00. The van der Waals surface area contributed by atoms with E-state index >= 15 is 0 Å². The van der Waals surface area contributed by atoms with Crippen LogP contribution in [-0.2, 0) is 13.7 Å². The number of hydrogen-bond donors (Lipinski definition) is 9. The molecule has 0 amide bonds. The topological polar surface area (TPSA) is 217 Å². The van der Waals surface area contributed by atoms with Crippen LogP contribution < -0.4 is 5.32 Å². The van der Waals surface area contributed by atoms with Gasteiger partial charge in [0.05, 0.1) is 19.0 Å². The van der Waals surface area contributed by atoms with Crippen LogP contribution in [0.2, 0.25) is 0 Å². The van der Waals surface area contributed by atoms with Gasteiger partial charge in [-0.2, -0.15) is 0 Å². The van der Waals surface area contributed by atoms with E-state index in [1.165, 1.54) is 0 Å². The fourth-order valence-electron chi connectivity index (χ4n) is 1.21. The van der Waals surface area contributed by atoms with Crippen molar-refractivity contribution in [2.45, 2.75) is 24.4 Å². The van der Waals surface area contributed by atoms with Crippen molar-refractivity contribution >= 4 is 15.4 Å². The van der Waals surface area contributed by atoms with Gasteiger partial charge in [-0.1, -0.05) is 0 Å². The monoisotopic (exact) mass is 355 g/mol. The predicted molar refractivity (Wildman–Crippen MR) is 66.9 cm³/mol. The highest BCUT2D eigenvalue weighted by Crippen LogP contribution is 2.36. The number of rotatable bonds is 10. The Labute approximate surface area is 119 Å². The van der Waals surface area contributed by atoms with Gasteiger partial charge in [-0.25, -0.2) is 4.57 Å². The van der Waals surface area contributed by atoms with E-state index in [2.05, 4.69) is 9.84 Å². The Bertz CT molecular complexity index is 394. The van der Waals surface area contributed by atoms with Crippen molar-refractivity contribution in [3.05, 3.63) is 0 Å². The van der Waals surface area contributed by atoms with Gasteiger partial charge in [0.15, 0.2) is 0 Å². The van der Waals surface area contributed by atoms with E-state index in [0.29, 0.717) is 0 Å². The lowest BCUT2D eigenvalue weighted by atomic mass is 10.0. The first-order chi connectivity index (χ1) is 9.33. The van der Waals surface area contributed by atoms with Crippen molar-refractivity contribution in [3.8, 4) is 0 Å². The van der Waals surface area contributed by atoms with Crippen molar-refractivity contribution in [2.24, 2.45) is 0 Å². The van der Waals surface area contributed by atoms with Crippen LogP contribution in [-0.4, -0.2) is 83.9 Å². The molecule has 0 bridgehead atoms. The molecule has 0 aromatic rings. The third-order valence-electron chi connectivity index (χ3n) is 2.22. The minimum atomic E-state index is -4.86. The van der Waals surface area contributed by atoms with E-state index in [4.69, 9.17) is 19.6 Å². The Kier molecular flexibility index (Phi) is 8.65. The van der Waals surface area contributed by atoms with Gasteiger partial charge in [-0.05, 0) is 0 Å². The van der Waals surface area contributed by atoms with Crippen molar-refractivity contribution < 1.29 is 53.7 Å². The molecule has 21 heavy (non-hydrogen) atoms. The SMILES string of the molecule is O=P(O)(O)CNCC(O)C(O)C(O)C(O)COP(=O)(O)O. The third-order valence-corrected chi connectivity index (χ3v) is 3.34. The molecular formula is C7H19NO11P2. The molecule has 0 aliphatic rings. The third kappa shape index (κ3) is 10.4. The maximum Gasteiger partial charge on any atom is 0.469 e. The second-order valence-electron chi connectivity index (χ2n) is 4.18. The molecule has 0 saturated carbocycles. The number of phosphoric acid groups is 1. The van der Waals surface area contributed by atoms with E-state index < -0.39 is 59.3 Å². The van der Waals surface area contributed by atoms with Gasteiger partial charge in [-0.3, -0.25) is 9.09 Å². The van der Waals surface area contributed by atoms with Crippen molar-refractivity contribution in [1.82, 2.24) is 5.32 Å². The molecule has 0 aliphatic heterocycles. The number of phosphoric ester groups is 1. The molecule has 4 atom stereocenters. The molecule has 4 unspecified atom stereocenters. The lowest BCUT2D eigenvalue weighted by Crippen LogP contribution is -2.49. The molecule has 0 saturated heterocycles. The van der Waals surface area contributed by atoms with Crippen molar-refractivity contribution in [3.63, 3.8) is 0 Å². The second kappa shape index (κ2) is 8.63. The molecule has 0 aromatic carbocycles. The van der Waals surface area contributed by atoms with Gasteiger partial charge in [0, 0.05) is 6.54 Å². The van der Waals surface area contributed by atoms with Gasteiger partial charge in [0.2, 0.25) is 0 Å². The molecule has 14 heteroatoms. The normalized spacial score (nSPS) is 19.0. The summed E-state index contributed by atoms with van der Waals surface area (Å²) in [6.45, 7) is -1.50. The average molecular weight is 355 g/mol. The molecule has 0 fully saturated rings. The quantitative estimate of drug-likeness (QED) is 0.173. The molecule has 0 aliphatic carbocycles. The van der Waals surface area contributed by atoms with Crippen LogP contribution in [0.5, 0.6) is 0 Å². The first kappa shape index (κ1) is 21.1. The molecule has 0 heterocycles. The van der Waals surface area contributed by atoms with Crippen molar-refractivity contribution in [2.75, 3.05) is 19.4 Å². The molecule has 0 radical (unpaired) electrons. The lowest BCUT2D eigenvalue weighted by molar-refractivity contribution is -0.112. The summed E-state index contributed by atoms with van der Waals surface area (Å²) in [5.74, 6) is 0. The highest BCUT2D eigenvalue weighted by molar-refractivity contribution is 7.51. The summed E-state index contributed by atoms with van der Waals surface area (Å²) in [4.78, 5) is 33.9. The Balaban J connectivity index is 4.25. The molecule has 12 nitrogen and oxygen atoms in total. The Morgan fingerprint density at radius 2 is 1.38 bits per heavy atom. The summed E-state index contributed by atoms with van der Waals surface area (Å²) in [5.41, 5.74) is 0. The standard InChI is InChI=1S/C7H19NO11P2/c9-4(1-8-3-20(13,14)15)6(11)7(12)5(10)2-19-21(16,17)18/h4-12H,1-3H2,(H2,13,14,15)(H2,16,17,18). The fourth-order valence-corrected chi connectivity index (χ4v) is 1.97. The van der Waals surface area contributed by atoms with Gasteiger partial charge in [0.25, 0.3) is 0 Å². The number of aliphatic hydroxyl groups excluding tert-OH is 4. The molecule has 0 rings (SSSR count). The van der Waals surface area contributed by atoms with Crippen LogP contribution in [0.25, 0.3) is 0 Å². The van der Waals surface area contributed by atoms with Gasteiger partial charge in [-0.15, -0.1) is 0 Å². The van der Waals surface area contributed by atoms with E-state index in [9.17, 15) is 29.6 Å². The molecule has 128 valence electrons. The minimum absolute atomic E-state index is 0.505. The van der Waals surface area contributed by atoms with E-state index in [0.717, 1.165) is 0 Å². The largest absolute Gasteiger partial charge is 0.469 e. The Morgan fingerprint density at radius 1 is 0.905 bits per heavy atom. The first-order valence-electron chi connectivity index (χ1n) is 5.51.